The van der Waals surface area contributed by atoms with Crippen LogP contribution in [0.4, 0.5) is 5.69 Å². The fraction of sp³-hybridized carbons (Fsp3) is 0.333. The van der Waals surface area contributed by atoms with Crippen molar-refractivity contribution in [3.63, 3.8) is 0 Å². The van der Waals surface area contributed by atoms with Crippen LogP contribution in [-0.2, 0) is 20.8 Å². The minimum Gasteiger partial charge on any atom is -0.347 e. The Balaban J connectivity index is 1.64. The van der Waals surface area contributed by atoms with Crippen LogP contribution in [0, 0.1) is 23.2 Å². The first-order valence-electron chi connectivity index (χ1n) is 9.48. The van der Waals surface area contributed by atoms with E-state index in [-0.39, 0.29) is 29.9 Å². The van der Waals surface area contributed by atoms with Gasteiger partial charge in [-0.3, -0.25) is 14.4 Å². The van der Waals surface area contributed by atoms with Crippen LogP contribution in [0.1, 0.15) is 24.1 Å². The van der Waals surface area contributed by atoms with Crippen LogP contribution >= 0.6 is 0 Å². The van der Waals surface area contributed by atoms with E-state index in [4.69, 9.17) is 0 Å². The summed E-state index contributed by atoms with van der Waals surface area (Å²) in [6, 6.07) is 11.4. The number of benzene rings is 1. The zero-order chi connectivity index (χ0) is 20.4. The predicted molar refractivity (Wildman–Crippen MR) is 102 cm³/mol. The molecule has 0 spiro atoms. The molecule has 1 aliphatic carbocycles. The molecule has 2 aliphatic rings. The van der Waals surface area contributed by atoms with Gasteiger partial charge in [-0.05, 0) is 24.8 Å². The van der Waals surface area contributed by atoms with Crippen LogP contribution in [0.5, 0.6) is 0 Å². The fourth-order valence-electron chi connectivity index (χ4n) is 3.63. The number of rotatable bonds is 6. The summed E-state index contributed by atoms with van der Waals surface area (Å²) in [4.78, 5) is 47.7. The number of nitrogens with zero attached hydrogens (tertiary/aromatic N) is 4. The number of hydrogen-bond acceptors (Lipinski definition) is 6. The minimum absolute atomic E-state index is 0.0231. The first-order chi connectivity index (χ1) is 14.1. The van der Waals surface area contributed by atoms with Crippen molar-refractivity contribution >= 4 is 23.3 Å². The number of nitriles is 1. The highest BCUT2D eigenvalue weighted by Gasteiger charge is 2.47. The van der Waals surface area contributed by atoms with Gasteiger partial charge in [-0.15, -0.1) is 0 Å². The van der Waals surface area contributed by atoms with Crippen molar-refractivity contribution in [3.05, 3.63) is 54.1 Å². The quantitative estimate of drug-likeness (QED) is 0.738. The van der Waals surface area contributed by atoms with Crippen molar-refractivity contribution in [2.24, 2.45) is 11.8 Å². The van der Waals surface area contributed by atoms with Gasteiger partial charge in [-0.25, -0.2) is 9.97 Å². The number of carbonyl (C=O) groups is 3. The second kappa shape index (κ2) is 7.80. The number of aromatic nitrogens is 2. The number of carbonyl (C=O) groups excluding carboxylic acids is 3. The van der Waals surface area contributed by atoms with E-state index in [1.807, 2.05) is 36.4 Å². The molecule has 2 atom stereocenters. The summed E-state index contributed by atoms with van der Waals surface area (Å²) in [5, 5.41) is 12.0. The first kappa shape index (κ1) is 18.7. The van der Waals surface area contributed by atoms with Crippen molar-refractivity contribution in [2.45, 2.75) is 25.3 Å². The standard InChI is InChI=1S/C21H19N5O3/c22-9-17-18(10-23-12-24-17)26-11-16(19(27)20(28)25-14-6-7-14)15(21(26)29)8-13-4-2-1-3-5-13/h1-5,10,12,14-16H,6-8,11H2,(H,25,28)/t15-,16+/m1/s1. The molecule has 4 rings (SSSR count). The van der Waals surface area contributed by atoms with Crippen LogP contribution in [0.3, 0.4) is 0 Å². The lowest BCUT2D eigenvalue weighted by atomic mass is 9.86. The monoisotopic (exact) mass is 389 g/mol. The van der Waals surface area contributed by atoms with E-state index in [1.54, 1.807) is 0 Å². The lowest BCUT2D eigenvalue weighted by Crippen LogP contribution is -2.39. The second-order valence-electron chi connectivity index (χ2n) is 7.33. The second-order valence-corrected chi connectivity index (χ2v) is 7.33. The zero-order valence-corrected chi connectivity index (χ0v) is 15.6. The van der Waals surface area contributed by atoms with Crippen LogP contribution in [-0.4, -0.2) is 40.2 Å². The molecular weight excluding hydrogens is 370 g/mol. The summed E-state index contributed by atoms with van der Waals surface area (Å²) >= 11 is 0. The lowest BCUT2D eigenvalue weighted by Gasteiger charge is -2.16. The average molecular weight is 389 g/mol. The summed E-state index contributed by atoms with van der Waals surface area (Å²) in [5.41, 5.74) is 1.22. The van der Waals surface area contributed by atoms with E-state index in [0.29, 0.717) is 6.42 Å². The summed E-state index contributed by atoms with van der Waals surface area (Å²) in [7, 11) is 0. The van der Waals surface area contributed by atoms with Gasteiger partial charge in [0.05, 0.1) is 23.7 Å². The van der Waals surface area contributed by atoms with Gasteiger partial charge in [0.25, 0.3) is 5.91 Å². The predicted octanol–water partition coefficient (Wildman–Crippen LogP) is 1.02. The maximum Gasteiger partial charge on any atom is 0.287 e. The Morgan fingerprint density at radius 1 is 1.24 bits per heavy atom. The number of amides is 2. The van der Waals surface area contributed by atoms with Crippen molar-refractivity contribution in [2.75, 3.05) is 11.4 Å². The number of hydrogen-bond donors (Lipinski definition) is 1. The van der Waals surface area contributed by atoms with Crippen molar-refractivity contribution in [3.8, 4) is 6.07 Å². The molecule has 0 bridgehead atoms. The number of nitrogens with one attached hydrogen (secondary N) is 1. The highest BCUT2D eigenvalue weighted by molar-refractivity contribution is 6.38. The van der Waals surface area contributed by atoms with Crippen molar-refractivity contribution in [1.82, 2.24) is 15.3 Å². The lowest BCUT2D eigenvalue weighted by molar-refractivity contribution is -0.141. The molecule has 2 heterocycles. The SMILES string of the molecule is N#Cc1ncncc1N1C[C@H](C(=O)C(=O)NC2CC2)[C@@H](Cc2ccccc2)C1=O. The Morgan fingerprint density at radius 3 is 2.69 bits per heavy atom. The topological polar surface area (TPSA) is 116 Å². The zero-order valence-electron chi connectivity index (χ0n) is 15.6. The highest BCUT2D eigenvalue weighted by atomic mass is 16.2. The molecule has 1 N–H and O–H groups in total. The molecule has 1 saturated heterocycles. The highest BCUT2D eigenvalue weighted by Crippen LogP contribution is 2.33. The molecule has 146 valence electrons. The van der Waals surface area contributed by atoms with Crippen molar-refractivity contribution in [1.29, 1.82) is 5.26 Å². The molecule has 0 unspecified atom stereocenters. The molecule has 29 heavy (non-hydrogen) atoms. The van der Waals surface area contributed by atoms with Crippen LogP contribution in [0.15, 0.2) is 42.9 Å². The van der Waals surface area contributed by atoms with Gasteiger partial charge in [0.2, 0.25) is 11.7 Å². The molecule has 2 fully saturated rings. The molecule has 8 heteroatoms. The molecule has 2 amide bonds. The first-order valence-corrected chi connectivity index (χ1v) is 9.48. The van der Waals surface area contributed by atoms with Gasteiger partial charge in [0, 0.05) is 12.6 Å². The molecular formula is C21H19N5O3. The fourth-order valence-corrected chi connectivity index (χ4v) is 3.63. The Kier molecular flexibility index (Phi) is 5.04. The third-order valence-corrected chi connectivity index (χ3v) is 5.31. The van der Waals surface area contributed by atoms with Gasteiger partial charge in [0.1, 0.15) is 12.4 Å². The Bertz CT molecular complexity index is 997. The molecule has 1 saturated carbocycles. The van der Waals surface area contributed by atoms with Gasteiger partial charge in [-0.2, -0.15) is 5.26 Å². The molecule has 8 nitrogen and oxygen atoms in total. The van der Waals surface area contributed by atoms with Crippen LogP contribution < -0.4 is 10.2 Å². The number of anilines is 1. The minimum atomic E-state index is -0.798. The van der Waals surface area contributed by atoms with Crippen LogP contribution in [0.2, 0.25) is 0 Å². The smallest absolute Gasteiger partial charge is 0.287 e. The van der Waals surface area contributed by atoms with E-state index in [1.165, 1.54) is 17.4 Å². The van der Waals surface area contributed by atoms with Gasteiger partial charge in [0.15, 0.2) is 5.69 Å². The average Bonchev–Trinajstić information content (AvgIpc) is 3.51. The van der Waals surface area contributed by atoms with E-state index >= 15 is 0 Å². The molecule has 1 aromatic carbocycles. The maximum atomic E-state index is 13.2. The Hall–Kier alpha value is -3.60. The number of ketones is 1. The third-order valence-electron chi connectivity index (χ3n) is 5.31. The summed E-state index contributed by atoms with van der Waals surface area (Å²) in [6.07, 6.45) is 4.69. The molecule has 1 aliphatic heterocycles. The Morgan fingerprint density at radius 2 is 2.00 bits per heavy atom. The van der Waals surface area contributed by atoms with Gasteiger partial charge >= 0.3 is 0 Å². The van der Waals surface area contributed by atoms with Crippen LogP contribution in [0.25, 0.3) is 0 Å². The number of Topliss-reactive ketones (excluding diaryl/α,β-unsaturated/α-hetero) is 1. The molecule has 0 radical (unpaired) electrons. The normalized spacial score (nSPS) is 20.9. The molecule has 1 aromatic heterocycles. The van der Waals surface area contributed by atoms with E-state index in [9.17, 15) is 19.6 Å². The van der Waals surface area contributed by atoms with E-state index in [0.717, 1.165) is 18.4 Å². The van der Waals surface area contributed by atoms with E-state index < -0.39 is 23.5 Å². The van der Waals surface area contributed by atoms with Gasteiger partial charge in [-0.1, -0.05) is 30.3 Å². The Labute approximate surface area is 167 Å². The van der Waals surface area contributed by atoms with Gasteiger partial charge < -0.3 is 10.2 Å². The summed E-state index contributed by atoms with van der Waals surface area (Å²) < 4.78 is 0. The van der Waals surface area contributed by atoms with Crippen molar-refractivity contribution < 1.29 is 14.4 Å². The van der Waals surface area contributed by atoms with E-state index in [2.05, 4.69) is 15.3 Å². The maximum absolute atomic E-state index is 13.2. The molecule has 2 aromatic rings. The largest absolute Gasteiger partial charge is 0.347 e. The summed E-state index contributed by atoms with van der Waals surface area (Å²) in [5.74, 6) is -3.04. The summed E-state index contributed by atoms with van der Waals surface area (Å²) in [6.45, 7) is 0.0231. The third kappa shape index (κ3) is 3.85.